The summed E-state index contributed by atoms with van der Waals surface area (Å²) in [6, 6.07) is 7.16. The van der Waals surface area contributed by atoms with Gasteiger partial charge in [-0.3, -0.25) is 4.79 Å². The standard InChI is InChI=1S/C16H17Cl2N3O3S/c1-10(2)21(3)25(23,24)13-6-4-12(5-7-13)20-16(22)11-8-14(17)15(18)19-9-11/h4-10H,1-3H3,(H,20,22). The van der Waals surface area contributed by atoms with Crippen molar-refractivity contribution in [3.05, 3.63) is 52.3 Å². The molecule has 0 aliphatic heterocycles. The van der Waals surface area contributed by atoms with Crippen LogP contribution in [0.1, 0.15) is 24.2 Å². The first-order chi connectivity index (χ1) is 11.6. The molecule has 1 amide bonds. The normalized spacial score (nSPS) is 11.8. The zero-order chi connectivity index (χ0) is 18.8. The molecule has 1 heterocycles. The van der Waals surface area contributed by atoms with E-state index in [0.29, 0.717) is 5.69 Å². The van der Waals surface area contributed by atoms with Crippen LogP contribution in [-0.4, -0.2) is 36.7 Å². The minimum atomic E-state index is -3.57. The van der Waals surface area contributed by atoms with Crippen molar-refractivity contribution in [1.82, 2.24) is 9.29 Å². The molecule has 0 aliphatic rings. The molecular formula is C16H17Cl2N3O3S. The van der Waals surface area contributed by atoms with Gasteiger partial charge in [0.2, 0.25) is 10.0 Å². The number of amides is 1. The van der Waals surface area contributed by atoms with Gasteiger partial charge in [-0.15, -0.1) is 0 Å². The predicted molar refractivity (Wildman–Crippen MR) is 98.7 cm³/mol. The van der Waals surface area contributed by atoms with E-state index in [2.05, 4.69) is 10.3 Å². The van der Waals surface area contributed by atoms with Gasteiger partial charge in [0.1, 0.15) is 5.15 Å². The van der Waals surface area contributed by atoms with Gasteiger partial charge < -0.3 is 5.32 Å². The lowest BCUT2D eigenvalue weighted by Gasteiger charge is -2.21. The molecule has 0 fully saturated rings. The Balaban J connectivity index is 2.17. The summed E-state index contributed by atoms with van der Waals surface area (Å²) in [6.45, 7) is 3.58. The third kappa shape index (κ3) is 4.49. The summed E-state index contributed by atoms with van der Waals surface area (Å²) >= 11 is 11.6. The molecular weight excluding hydrogens is 385 g/mol. The zero-order valence-electron chi connectivity index (χ0n) is 13.8. The van der Waals surface area contributed by atoms with Crippen LogP contribution in [0.3, 0.4) is 0 Å². The molecule has 1 aromatic carbocycles. The van der Waals surface area contributed by atoms with Gasteiger partial charge in [0.15, 0.2) is 0 Å². The highest BCUT2D eigenvalue weighted by atomic mass is 35.5. The number of halogens is 2. The molecule has 0 bridgehead atoms. The van der Waals surface area contributed by atoms with Gasteiger partial charge in [-0.05, 0) is 44.2 Å². The Bertz CT molecular complexity index is 884. The first-order valence-corrected chi connectivity index (χ1v) is 9.53. The van der Waals surface area contributed by atoms with Crippen molar-refractivity contribution >= 4 is 44.8 Å². The summed E-state index contributed by atoms with van der Waals surface area (Å²) in [6.07, 6.45) is 1.31. The summed E-state index contributed by atoms with van der Waals surface area (Å²) in [5, 5.41) is 2.93. The molecule has 0 radical (unpaired) electrons. The summed E-state index contributed by atoms with van der Waals surface area (Å²) in [7, 11) is -2.05. The number of carbonyl (C=O) groups excluding carboxylic acids is 1. The summed E-state index contributed by atoms with van der Waals surface area (Å²) in [5.74, 6) is -0.430. The van der Waals surface area contributed by atoms with Crippen LogP contribution in [0.25, 0.3) is 0 Å². The first-order valence-electron chi connectivity index (χ1n) is 7.33. The maximum atomic E-state index is 12.4. The average molecular weight is 402 g/mol. The molecule has 2 aromatic rings. The average Bonchev–Trinajstić information content (AvgIpc) is 2.56. The molecule has 0 unspecified atom stereocenters. The van der Waals surface area contributed by atoms with Crippen molar-refractivity contribution in [1.29, 1.82) is 0 Å². The summed E-state index contributed by atoms with van der Waals surface area (Å²) < 4.78 is 26.1. The molecule has 1 N–H and O–H groups in total. The number of nitrogens with one attached hydrogen (secondary N) is 1. The zero-order valence-corrected chi connectivity index (χ0v) is 16.2. The van der Waals surface area contributed by atoms with Crippen LogP contribution < -0.4 is 5.32 Å². The Kier molecular flexibility index (Phi) is 6.05. The fourth-order valence-electron chi connectivity index (χ4n) is 1.90. The monoisotopic (exact) mass is 401 g/mol. The van der Waals surface area contributed by atoms with Crippen LogP contribution in [0.5, 0.6) is 0 Å². The molecule has 6 nitrogen and oxygen atoms in total. The summed E-state index contributed by atoms with van der Waals surface area (Å²) in [5.41, 5.74) is 0.688. The molecule has 0 atom stereocenters. The van der Waals surface area contributed by atoms with E-state index >= 15 is 0 Å². The first kappa shape index (κ1) is 19.7. The molecule has 2 rings (SSSR count). The van der Waals surface area contributed by atoms with E-state index in [0.717, 1.165) is 0 Å². The lowest BCUT2D eigenvalue weighted by Crippen LogP contribution is -2.33. The van der Waals surface area contributed by atoms with Crippen molar-refractivity contribution in [3.8, 4) is 0 Å². The van der Waals surface area contributed by atoms with Crippen LogP contribution in [0.4, 0.5) is 5.69 Å². The molecule has 0 aliphatic carbocycles. The third-order valence-corrected chi connectivity index (χ3v) is 6.31. The van der Waals surface area contributed by atoms with Crippen molar-refractivity contribution in [2.24, 2.45) is 0 Å². The Morgan fingerprint density at radius 2 is 1.80 bits per heavy atom. The van der Waals surface area contributed by atoms with Crippen LogP contribution in [-0.2, 0) is 10.0 Å². The Labute approximate surface area is 156 Å². The maximum absolute atomic E-state index is 12.4. The number of aromatic nitrogens is 1. The fourth-order valence-corrected chi connectivity index (χ4v) is 3.54. The maximum Gasteiger partial charge on any atom is 0.257 e. The highest BCUT2D eigenvalue weighted by molar-refractivity contribution is 7.89. The van der Waals surface area contributed by atoms with Crippen LogP contribution in [0.15, 0.2) is 41.4 Å². The van der Waals surface area contributed by atoms with Crippen LogP contribution in [0.2, 0.25) is 10.2 Å². The second-order valence-electron chi connectivity index (χ2n) is 5.59. The van der Waals surface area contributed by atoms with E-state index in [-0.39, 0.29) is 26.7 Å². The van der Waals surface area contributed by atoms with E-state index in [1.54, 1.807) is 13.8 Å². The van der Waals surface area contributed by atoms with Gasteiger partial charge in [0.05, 0.1) is 15.5 Å². The van der Waals surface area contributed by atoms with E-state index in [9.17, 15) is 13.2 Å². The molecule has 25 heavy (non-hydrogen) atoms. The SMILES string of the molecule is CC(C)N(C)S(=O)(=O)c1ccc(NC(=O)c2cnc(Cl)c(Cl)c2)cc1. The Morgan fingerprint density at radius 3 is 2.32 bits per heavy atom. The van der Waals surface area contributed by atoms with Gasteiger partial charge in [-0.1, -0.05) is 23.2 Å². The smallest absolute Gasteiger partial charge is 0.257 e. The fraction of sp³-hybridized carbons (Fsp3) is 0.250. The van der Waals surface area contributed by atoms with Gasteiger partial charge >= 0.3 is 0 Å². The molecule has 9 heteroatoms. The predicted octanol–water partition coefficient (Wildman–Crippen LogP) is 3.67. The second-order valence-corrected chi connectivity index (χ2v) is 8.35. The third-order valence-electron chi connectivity index (χ3n) is 3.57. The van der Waals surface area contributed by atoms with Crippen LogP contribution in [0, 0.1) is 0 Å². The van der Waals surface area contributed by atoms with E-state index in [1.165, 1.54) is 47.9 Å². The van der Waals surface area contributed by atoms with Crippen molar-refractivity contribution in [3.63, 3.8) is 0 Å². The molecule has 0 spiro atoms. The number of nitrogens with zero attached hydrogens (tertiary/aromatic N) is 2. The lowest BCUT2D eigenvalue weighted by atomic mass is 10.2. The molecule has 1 aromatic heterocycles. The van der Waals surface area contributed by atoms with Gasteiger partial charge in [0, 0.05) is 25.0 Å². The summed E-state index contributed by atoms with van der Waals surface area (Å²) in [4.78, 5) is 16.1. The van der Waals surface area contributed by atoms with Gasteiger partial charge in [0.25, 0.3) is 5.91 Å². The number of sulfonamides is 1. The molecule has 0 saturated heterocycles. The minimum absolute atomic E-state index is 0.113. The second kappa shape index (κ2) is 7.70. The van der Waals surface area contributed by atoms with Crippen molar-refractivity contribution in [2.75, 3.05) is 12.4 Å². The topological polar surface area (TPSA) is 79.4 Å². The number of rotatable bonds is 5. The van der Waals surface area contributed by atoms with Gasteiger partial charge in [-0.2, -0.15) is 4.31 Å². The van der Waals surface area contributed by atoms with Crippen molar-refractivity contribution < 1.29 is 13.2 Å². The number of hydrogen-bond acceptors (Lipinski definition) is 4. The number of hydrogen-bond donors (Lipinski definition) is 1. The number of carbonyl (C=O) groups is 1. The largest absolute Gasteiger partial charge is 0.322 e. The van der Waals surface area contributed by atoms with Crippen LogP contribution >= 0.6 is 23.2 Å². The van der Waals surface area contributed by atoms with E-state index in [4.69, 9.17) is 23.2 Å². The quantitative estimate of drug-likeness (QED) is 0.774. The van der Waals surface area contributed by atoms with E-state index in [1.807, 2.05) is 0 Å². The highest BCUT2D eigenvalue weighted by Gasteiger charge is 2.22. The molecule has 0 saturated carbocycles. The van der Waals surface area contributed by atoms with Gasteiger partial charge in [-0.25, -0.2) is 13.4 Å². The Hall–Kier alpha value is -1.67. The lowest BCUT2D eigenvalue weighted by molar-refractivity contribution is 0.102. The van der Waals surface area contributed by atoms with Crippen molar-refractivity contribution in [2.45, 2.75) is 24.8 Å². The minimum Gasteiger partial charge on any atom is -0.322 e. The number of anilines is 1. The highest BCUT2D eigenvalue weighted by Crippen LogP contribution is 2.22. The number of pyridine rings is 1. The number of benzene rings is 1. The van der Waals surface area contributed by atoms with E-state index < -0.39 is 15.9 Å². The molecule has 134 valence electrons. The Morgan fingerprint density at radius 1 is 1.20 bits per heavy atom.